The van der Waals surface area contributed by atoms with Gasteiger partial charge in [0.2, 0.25) is 0 Å². The molecule has 0 bridgehead atoms. The number of hydrogen-bond acceptors (Lipinski definition) is 2. The third-order valence-electron chi connectivity index (χ3n) is 5.38. The first-order valence-electron chi connectivity index (χ1n) is 9.27. The summed E-state index contributed by atoms with van der Waals surface area (Å²) in [6.07, 6.45) is 8.43. The van der Waals surface area contributed by atoms with Gasteiger partial charge in [0.1, 0.15) is 5.82 Å². The first-order chi connectivity index (χ1) is 11.7. The fourth-order valence-electron chi connectivity index (χ4n) is 3.59. The van der Waals surface area contributed by atoms with Crippen molar-refractivity contribution in [3.05, 3.63) is 47.4 Å². The summed E-state index contributed by atoms with van der Waals surface area (Å²) in [5.74, 6) is 1.52. The first kappa shape index (κ1) is 17.1. The summed E-state index contributed by atoms with van der Waals surface area (Å²) < 4.78 is 14.2. The van der Waals surface area contributed by atoms with Crippen LogP contribution in [0.3, 0.4) is 0 Å². The molecule has 0 amide bonds. The molecule has 2 aromatic rings. The van der Waals surface area contributed by atoms with Crippen molar-refractivity contribution in [3.8, 4) is 11.3 Å². The van der Waals surface area contributed by atoms with E-state index in [0.29, 0.717) is 11.3 Å². The summed E-state index contributed by atoms with van der Waals surface area (Å²) in [6.45, 7) is 4.38. The Morgan fingerprint density at radius 2 is 1.83 bits per heavy atom. The Kier molecular flexibility index (Phi) is 5.60. The SMILES string of the molecule is CCc1ccc(-c2ccc(CCC3CCC(C)CC3)nn2)c(F)c1. The Morgan fingerprint density at radius 3 is 2.46 bits per heavy atom. The first-order valence-corrected chi connectivity index (χ1v) is 9.27. The Balaban J connectivity index is 1.61. The smallest absolute Gasteiger partial charge is 0.132 e. The molecule has 0 spiro atoms. The van der Waals surface area contributed by atoms with Gasteiger partial charge in [0.05, 0.1) is 11.4 Å². The summed E-state index contributed by atoms with van der Waals surface area (Å²) >= 11 is 0. The second kappa shape index (κ2) is 7.87. The fraction of sp³-hybridized carbons (Fsp3) is 0.524. The fourth-order valence-corrected chi connectivity index (χ4v) is 3.59. The maximum atomic E-state index is 14.2. The highest BCUT2D eigenvalue weighted by Gasteiger charge is 2.18. The number of benzene rings is 1. The van der Waals surface area contributed by atoms with Gasteiger partial charge >= 0.3 is 0 Å². The lowest BCUT2D eigenvalue weighted by Crippen LogP contribution is -2.13. The van der Waals surface area contributed by atoms with E-state index in [4.69, 9.17) is 0 Å². The summed E-state index contributed by atoms with van der Waals surface area (Å²) in [7, 11) is 0. The van der Waals surface area contributed by atoms with E-state index < -0.39 is 0 Å². The molecule has 2 nitrogen and oxygen atoms in total. The van der Waals surface area contributed by atoms with Gasteiger partial charge in [-0.3, -0.25) is 0 Å². The van der Waals surface area contributed by atoms with Crippen LogP contribution in [0.15, 0.2) is 30.3 Å². The lowest BCUT2D eigenvalue weighted by Gasteiger charge is -2.25. The van der Waals surface area contributed by atoms with Crippen molar-refractivity contribution in [2.75, 3.05) is 0 Å². The Labute approximate surface area is 144 Å². The molecule has 24 heavy (non-hydrogen) atoms. The van der Waals surface area contributed by atoms with Crippen LogP contribution in [-0.2, 0) is 12.8 Å². The van der Waals surface area contributed by atoms with E-state index in [1.54, 1.807) is 12.1 Å². The van der Waals surface area contributed by atoms with E-state index >= 15 is 0 Å². The molecule has 0 atom stereocenters. The third kappa shape index (κ3) is 4.19. The molecule has 0 aliphatic heterocycles. The maximum Gasteiger partial charge on any atom is 0.132 e. The van der Waals surface area contributed by atoms with E-state index in [2.05, 4.69) is 17.1 Å². The van der Waals surface area contributed by atoms with Crippen molar-refractivity contribution in [3.63, 3.8) is 0 Å². The highest BCUT2D eigenvalue weighted by Crippen LogP contribution is 2.31. The van der Waals surface area contributed by atoms with E-state index in [1.165, 1.54) is 32.1 Å². The van der Waals surface area contributed by atoms with Gasteiger partial charge in [-0.15, -0.1) is 0 Å². The van der Waals surface area contributed by atoms with Crippen LogP contribution < -0.4 is 0 Å². The van der Waals surface area contributed by atoms with Crippen molar-refractivity contribution in [1.29, 1.82) is 0 Å². The van der Waals surface area contributed by atoms with Gasteiger partial charge < -0.3 is 0 Å². The third-order valence-corrected chi connectivity index (χ3v) is 5.38. The van der Waals surface area contributed by atoms with Gasteiger partial charge in [0.15, 0.2) is 0 Å². The van der Waals surface area contributed by atoms with E-state index in [9.17, 15) is 4.39 Å². The quantitative estimate of drug-likeness (QED) is 0.714. The number of rotatable bonds is 5. The predicted octanol–water partition coefficient (Wildman–Crippen LogP) is 5.60. The molecule has 1 aromatic carbocycles. The van der Waals surface area contributed by atoms with E-state index in [0.717, 1.165) is 35.9 Å². The molecule has 1 saturated carbocycles. The Bertz CT molecular complexity index is 658. The number of hydrogen-bond donors (Lipinski definition) is 0. The second-order valence-electron chi connectivity index (χ2n) is 7.24. The number of halogens is 1. The number of aromatic nitrogens is 2. The lowest BCUT2D eigenvalue weighted by molar-refractivity contribution is 0.277. The molecule has 1 aromatic heterocycles. The normalized spacial score (nSPS) is 21.0. The molecule has 1 heterocycles. The predicted molar refractivity (Wildman–Crippen MR) is 96.2 cm³/mol. The van der Waals surface area contributed by atoms with Gasteiger partial charge in [0, 0.05) is 5.56 Å². The summed E-state index contributed by atoms with van der Waals surface area (Å²) in [5, 5.41) is 8.57. The Hall–Kier alpha value is -1.77. The molecule has 1 aliphatic carbocycles. The molecule has 1 fully saturated rings. The van der Waals surface area contributed by atoms with Gasteiger partial charge in [-0.25, -0.2) is 4.39 Å². The molecule has 3 rings (SSSR count). The molecule has 128 valence electrons. The molecular formula is C21H27FN2. The topological polar surface area (TPSA) is 25.8 Å². The zero-order chi connectivity index (χ0) is 16.9. The van der Waals surface area contributed by atoms with Gasteiger partial charge in [-0.05, 0) is 60.9 Å². The molecule has 0 N–H and O–H groups in total. The van der Waals surface area contributed by atoms with Crippen molar-refractivity contribution < 1.29 is 4.39 Å². The monoisotopic (exact) mass is 326 g/mol. The molecule has 3 heteroatoms. The maximum absolute atomic E-state index is 14.2. The van der Waals surface area contributed by atoms with Crippen LogP contribution in [0.1, 0.15) is 57.2 Å². The minimum Gasteiger partial charge on any atom is -0.206 e. The summed E-state index contributed by atoms with van der Waals surface area (Å²) in [6, 6.07) is 9.25. The number of nitrogens with zero attached hydrogens (tertiary/aromatic N) is 2. The summed E-state index contributed by atoms with van der Waals surface area (Å²) in [5.41, 5.74) is 3.17. The van der Waals surface area contributed by atoms with Crippen LogP contribution in [0.2, 0.25) is 0 Å². The minimum absolute atomic E-state index is 0.215. The average Bonchev–Trinajstić information content (AvgIpc) is 2.62. The van der Waals surface area contributed by atoms with Crippen molar-refractivity contribution in [2.24, 2.45) is 11.8 Å². The average molecular weight is 326 g/mol. The van der Waals surface area contributed by atoms with Crippen molar-refractivity contribution in [1.82, 2.24) is 10.2 Å². The van der Waals surface area contributed by atoms with Crippen LogP contribution in [0, 0.1) is 17.7 Å². The zero-order valence-electron chi connectivity index (χ0n) is 14.8. The highest BCUT2D eigenvalue weighted by molar-refractivity contribution is 5.59. The zero-order valence-corrected chi connectivity index (χ0v) is 14.8. The van der Waals surface area contributed by atoms with Crippen LogP contribution in [-0.4, -0.2) is 10.2 Å². The largest absolute Gasteiger partial charge is 0.206 e. The molecule has 0 saturated heterocycles. The minimum atomic E-state index is -0.215. The van der Waals surface area contributed by atoms with Gasteiger partial charge in [0.25, 0.3) is 0 Å². The van der Waals surface area contributed by atoms with E-state index in [1.807, 2.05) is 25.1 Å². The molecule has 0 radical (unpaired) electrons. The molecular weight excluding hydrogens is 299 g/mol. The standard InChI is InChI=1S/C21H27FN2/c1-3-16-9-12-19(20(22)14-16)21-13-11-18(23-24-21)10-8-17-6-4-15(2)5-7-17/h9,11-15,17H,3-8,10H2,1-2H3. The van der Waals surface area contributed by atoms with Crippen LogP contribution in [0.4, 0.5) is 4.39 Å². The van der Waals surface area contributed by atoms with Gasteiger partial charge in [-0.2, -0.15) is 10.2 Å². The molecule has 1 aliphatic rings. The van der Waals surface area contributed by atoms with Gasteiger partial charge in [-0.1, -0.05) is 45.6 Å². The highest BCUT2D eigenvalue weighted by atomic mass is 19.1. The van der Waals surface area contributed by atoms with Crippen molar-refractivity contribution >= 4 is 0 Å². The molecule has 0 unspecified atom stereocenters. The van der Waals surface area contributed by atoms with Crippen LogP contribution in [0.25, 0.3) is 11.3 Å². The van der Waals surface area contributed by atoms with Crippen molar-refractivity contribution in [2.45, 2.75) is 58.8 Å². The van der Waals surface area contributed by atoms with Crippen LogP contribution >= 0.6 is 0 Å². The summed E-state index contributed by atoms with van der Waals surface area (Å²) in [4.78, 5) is 0. The van der Waals surface area contributed by atoms with Crippen LogP contribution in [0.5, 0.6) is 0 Å². The lowest BCUT2D eigenvalue weighted by atomic mass is 9.81. The second-order valence-corrected chi connectivity index (χ2v) is 7.24. The number of aryl methyl sites for hydroxylation is 2. The van der Waals surface area contributed by atoms with E-state index in [-0.39, 0.29) is 5.82 Å². The Morgan fingerprint density at radius 1 is 1.04 bits per heavy atom.